The highest BCUT2D eigenvalue weighted by molar-refractivity contribution is 6.30. The maximum absolute atomic E-state index is 13.0. The summed E-state index contributed by atoms with van der Waals surface area (Å²) < 4.78 is 1.06. The number of halogens is 1. The highest BCUT2D eigenvalue weighted by atomic mass is 35.5. The highest BCUT2D eigenvalue weighted by Gasteiger charge is 2.31. The lowest BCUT2D eigenvalue weighted by Gasteiger charge is -2.18. The second-order valence-electron chi connectivity index (χ2n) is 8.36. The Hall–Kier alpha value is -4.36. The topological polar surface area (TPSA) is 173 Å². The van der Waals surface area contributed by atoms with Crippen LogP contribution in [0.1, 0.15) is 15.9 Å². The summed E-state index contributed by atoms with van der Waals surface area (Å²) in [5.74, 6) is -0.746. The minimum atomic E-state index is -0.691. The first-order valence-corrected chi connectivity index (χ1v) is 12.1. The third-order valence-electron chi connectivity index (χ3n) is 5.91. The van der Waals surface area contributed by atoms with Crippen molar-refractivity contribution in [1.82, 2.24) is 30.1 Å². The van der Waals surface area contributed by atoms with Crippen molar-refractivity contribution in [1.29, 1.82) is 0 Å². The van der Waals surface area contributed by atoms with Gasteiger partial charge < -0.3 is 26.1 Å². The molecule has 0 radical (unpaired) electrons. The summed E-state index contributed by atoms with van der Waals surface area (Å²) >= 11 is 5.89. The van der Waals surface area contributed by atoms with Crippen LogP contribution in [0.2, 0.25) is 5.02 Å². The molecule has 0 atom stereocenters. The number of hydrogen-bond donors (Lipinski definition) is 3. The lowest BCUT2D eigenvalue weighted by atomic mass is 10.2. The molecule has 4 rings (SSSR count). The van der Waals surface area contributed by atoms with E-state index in [-0.39, 0.29) is 60.7 Å². The van der Waals surface area contributed by atoms with Crippen LogP contribution in [0.4, 0.5) is 10.6 Å². The zero-order chi connectivity index (χ0) is 27.2. The fourth-order valence-electron chi connectivity index (χ4n) is 3.95. The second kappa shape index (κ2) is 11.8. The van der Waals surface area contributed by atoms with E-state index in [1.807, 2.05) is 0 Å². The number of aldehydes is 1. The number of carbonyl (C=O) groups excluding carboxylic acids is 4. The van der Waals surface area contributed by atoms with Crippen molar-refractivity contribution >= 4 is 52.7 Å². The molecular formula is C24H25ClN8O5. The van der Waals surface area contributed by atoms with Gasteiger partial charge in [-0.3, -0.25) is 23.9 Å². The van der Waals surface area contributed by atoms with Crippen LogP contribution in [0.3, 0.4) is 0 Å². The second-order valence-corrected chi connectivity index (χ2v) is 8.80. The average Bonchev–Trinajstić information content (AvgIpc) is 3.29. The van der Waals surface area contributed by atoms with Gasteiger partial charge in [-0.05, 0) is 23.8 Å². The van der Waals surface area contributed by atoms with Gasteiger partial charge in [0.15, 0.2) is 11.5 Å². The minimum Gasteiger partial charge on any atom is -0.353 e. The van der Waals surface area contributed by atoms with Crippen LogP contribution in [-0.2, 0) is 22.7 Å². The lowest BCUT2D eigenvalue weighted by Crippen LogP contribution is -2.39. The molecule has 3 heterocycles. The summed E-state index contributed by atoms with van der Waals surface area (Å²) in [6.45, 7) is 0.961. The average molecular weight is 541 g/mol. The summed E-state index contributed by atoms with van der Waals surface area (Å²) in [6, 6.07) is 7.83. The molecule has 0 bridgehead atoms. The number of fused-ring (bicyclic) bond motifs is 1. The number of nitrogens with zero attached hydrogens (tertiary/aromatic N) is 5. The predicted molar refractivity (Wildman–Crippen MR) is 139 cm³/mol. The molecule has 0 aliphatic carbocycles. The van der Waals surface area contributed by atoms with E-state index >= 15 is 0 Å². The van der Waals surface area contributed by atoms with E-state index in [1.54, 1.807) is 29.2 Å². The Balaban J connectivity index is 1.58. The summed E-state index contributed by atoms with van der Waals surface area (Å²) in [7, 11) is 0. The van der Waals surface area contributed by atoms with E-state index in [1.165, 1.54) is 17.2 Å². The molecule has 38 heavy (non-hydrogen) atoms. The number of hydrogen-bond acceptors (Lipinski definition) is 8. The van der Waals surface area contributed by atoms with E-state index in [4.69, 9.17) is 17.3 Å². The van der Waals surface area contributed by atoms with Crippen LogP contribution < -0.4 is 26.8 Å². The molecular weight excluding hydrogens is 516 g/mol. The van der Waals surface area contributed by atoms with E-state index < -0.39 is 11.5 Å². The number of nitrogens with one attached hydrogen (secondary N) is 2. The van der Waals surface area contributed by atoms with Crippen LogP contribution in [0.5, 0.6) is 0 Å². The monoisotopic (exact) mass is 540 g/mol. The third kappa shape index (κ3) is 5.79. The normalized spacial score (nSPS) is 13.2. The zero-order valence-electron chi connectivity index (χ0n) is 20.2. The van der Waals surface area contributed by atoms with Gasteiger partial charge in [0, 0.05) is 37.7 Å². The van der Waals surface area contributed by atoms with Gasteiger partial charge in [0.2, 0.25) is 5.91 Å². The Kier molecular flexibility index (Phi) is 8.28. The number of nitrogens with two attached hydrogens (primary N) is 1. The smallest absolute Gasteiger partial charge is 0.325 e. The van der Waals surface area contributed by atoms with Gasteiger partial charge in [0.1, 0.15) is 17.4 Å². The quantitative estimate of drug-likeness (QED) is 0.299. The third-order valence-corrected chi connectivity index (χ3v) is 6.16. The Labute approximate surface area is 221 Å². The Bertz CT molecular complexity index is 1440. The largest absolute Gasteiger partial charge is 0.353 e. The fourth-order valence-corrected chi connectivity index (χ4v) is 4.08. The molecule has 2 aromatic heterocycles. The molecule has 1 aliphatic rings. The number of rotatable bonds is 10. The minimum absolute atomic E-state index is 0.105. The number of urea groups is 1. The van der Waals surface area contributed by atoms with Gasteiger partial charge in [0.05, 0.1) is 19.3 Å². The van der Waals surface area contributed by atoms with Crippen LogP contribution in [0.15, 0.2) is 41.3 Å². The predicted octanol–water partition coefficient (Wildman–Crippen LogP) is -0.109. The fraction of sp³-hybridized carbons (Fsp3) is 0.292. The molecule has 1 aromatic carbocycles. The maximum Gasteiger partial charge on any atom is 0.325 e. The number of benzene rings is 1. The lowest BCUT2D eigenvalue weighted by molar-refractivity contribution is -0.119. The first-order valence-electron chi connectivity index (χ1n) is 11.7. The molecule has 13 nitrogen and oxygen atoms in total. The van der Waals surface area contributed by atoms with E-state index in [2.05, 4.69) is 20.6 Å². The Morgan fingerprint density at radius 3 is 2.61 bits per heavy atom. The van der Waals surface area contributed by atoms with E-state index in [9.17, 15) is 24.0 Å². The van der Waals surface area contributed by atoms with Crippen molar-refractivity contribution in [3.63, 3.8) is 0 Å². The number of amides is 4. The molecule has 1 aliphatic heterocycles. The van der Waals surface area contributed by atoms with E-state index in [0.29, 0.717) is 30.9 Å². The Morgan fingerprint density at radius 1 is 1.13 bits per heavy atom. The number of anilines is 1. The first kappa shape index (κ1) is 26.7. The van der Waals surface area contributed by atoms with Crippen molar-refractivity contribution in [3.05, 3.63) is 63.0 Å². The van der Waals surface area contributed by atoms with E-state index in [0.717, 1.165) is 10.1 Å². The number of aromatic nitrogens is 3. The van der Waals surface area contributed by atoms with Crippen LogP contribution in [-0.4, -0.2) is 76.3 Å². The van der Waals surface area contributed by atoms with Crippen molar-refractivity contribution in [2.45, 2.75) is 13.1 Å². The van der Waals surface area contributed by atoms with Gasteiger partial charge >= 0.3 is 6.03 Å². The van der Waals surface area contributed by atoms with Gasteiger partial charge in [-0.2, -0.15) is 0 Å². The van der Waals surface area contributed by atoms with Gasteiger partial charge in [0.25, 0.3) is 11.5 Å². The zero-order valence-corrected chi connectivity index (χ0v) is 21.0. The molecule has 1 fully saturated rings. The molecule has 4 N–H and O–H groups in total. The molecule has 14 heteroatoms. The molecule has 4 amide bonds. The molecule has 3 aromatic rings. The van der Waals surface area contributed by atoms with Crippen molar-refractivity contribution in [2.75, 3.05) is 37.6 Å². The summed E-state index contributed by atoms with van der Waals surface area (Å²) in [4.78, 5) is 73.2. The van der Waals surface area contributed by atoms with Crippen molar-refractivity contribution in [3.8, 4) is 0 Å². The standard InChI is InChI=1S/C24H25ClN8O5/c25-16-3-1-15(2-4-16)13-29-22(36)17-11-18-21(33(9-10-34)23(17)37)28-14-19(30-18)32-8-7-31(24(32)38)6-5-27-20(35)12-26/h1-4,10-11,14H,5-9,12-13,26H2,(H,27,35)(H,29,36). The maximum atomic E-state index is 13.0. The molecule has 0 spiro atoms. The SMILES string of the molecule is NCC(=O)NCCN1CCN(c2cnc3c(cc(C(=O)NCc4ccc(Cl)cc4)c(=O)n3CC=O)n2)C1=O. The molecule has 1 saturated heterocycles. The molecule has 0 unspecified atom stereocenters. The van der Waals surface area contributed by atoms with Crippen LogP contribution >= 0.6 is 11.6 Å². The van der Waals surface area contributed by atoms with Gasteiger partial charge in [-0.1, -0.05) is 23.7 Å². The summed E-state index contributed by atoms with van der Waals surface area (Å²) in [5.41, 5.74) is 5.41. The highest BCUT2D eigenvalue weighted by Crippen LogP contribution is 2.20. The number of pyridine rings is 1. The van der Waals surface area contributed by atoms with Crippen molar-refractivity contribution in [2.24, 2.45) is 5.73 Å². The van der Waals surface area contributed by atoms with Crippen LogP contribution in [0.25, 0.3) is 11.2 Å². The number of carbonyl (C=O) groups is 4. The molecule has 198 valence electrons. The van der Waals surface area contributed by atoms with Gasteiger partial charge in [-0.25, -0.2) is 14.8 Å². The first-order chi connectivity index (χ1) is 18.3. The molecule has 0 saturated carbocycles. The van der Waals surface area contributed by atoms with Gasteiger partial charge in [-0.15, -0.1) is 0 Å². The summed E-state index contributed by atoms with van der Waals surface area (Å²) in [6.07, 6.45) is 1.86. The Morgan fingerprint density at radius 2 is 1.89 bits per heavy atom. The summed E-state index contributed by atoms with van der Waals surface area (Å²) in [5, 5.41) is 5.85. The van der Waals surface area contributed by atoms with Crippen LogP contribution in [0, 0.1) is 0 Å². The van der Waals surface area contributed by atoms with Crippen molar-refractivity contribution < 1.29 is 19.2 Å².